The summed E-state index contributed by atoms with van der Waals surface area (Å²) in [6.45, 7) is 3.42. The van der Waals surface area contributed by atoms with Gasteiger partial charge in [-0.15, -0.1) is 0 Å². The molecule has 0 spiro atoms. The van der Waals surface area contributed by atoms with E-state index in [0.717, 1.165) is 0 Å². The molecule has 0 aromatic rings. The van der Waals surface area contributed by atoms with E-state index < -0.39 is 0 Å². The van der Waals surface area contributed by atoms with E-state index in [-0.39, 0.29) is 5.97 Å². The Morgan fingerprint density at radius 1 is 2.00 bits per heavy atom. The second-order valence-electron chi connectivity index (χ2n) is 1.02. The topological polar surface area (TPSA) is 26.3 Å². The summed E-state index contributed by atoms with van der Waals surface area (Å²) in [5.41, 5.74) is 0. The smallest absolute Gasteiger partial charge is 0.309 e. The number of rotatable bonds is 2. The van der Waals surface area contributed by atoms with Gasteiger partial charge in [0.2, 0.25) is 0 Å². The molecule has 0 rings (SSSR count). The number of methoxy groups -OCH3 is 1. The van der Waals surface area contributed by atoms with E-state index >= 15 is 0 Å². The van der Waals surface area contributed by atoms with E-state index in [4.69, 9.17) is 0 Å². The first-order valence-electron chi connectivity index (χ1n) is 2.01. The first-order chi connectivity index (χ1) is 3.31. The molecule has 0 N–H and O–H groups in total. The molecule has 0 atom stereocenters. The third-order valence-electron chi connectivity index (χ3n) is 0.512. The second-order valence-corrected chi connectivity index (χ2v) is 1.02. The normalized spacial score (nSPS) is 8.29. The summed E-state index contributed by atoms with van der Waals surface area (Å²) < 4.78 is 4.26. The standard InChI is InChI=1S/C5H8O2/c1-3-4-5(6)7-2/h4H,1,3H2,2H3. The molecule has 0 saturated heterocycles. The van der Waals surface area contributed by atoms with E-state index in [1.807, 2.05) is 0 Å². The molecule has 0 unspecified atom stereocenters. The minimum Gasteiger partial charge on any atom is -0.469 e. The molecule has 0 aliphatic carbocycles. The zero-order valence-electron chi connectivity index (χ0n) is 4.31. The van der Waals surface area contributed by atoms with E-state index in [0.29, 0.717) is 6.42 Å². The highest BCUT2D eigenvalue weighted by molar-refractivity contribution is 5.78. The van der Waals surface area contributed by atoms with Crippen LogP contribution in [-0.2, 0) is 9.53 Å². The van der Waals surface area contributed by atoms with Gasteiger partial charge in [0.25, 0.3) is 0 Å². The monoisotopic (exact) mass is 100 g/mol. The van der Waals surface area contributed by atoms with Crippen molar-refractivity contribution in [2.75, 3.05) is 7.11 Å². The van der Waals surface area contributed by atoms with Gasteiger partial charge in [-0.2, -0.15) is 0 Å². The van der Waals surface area contributed by atoms with Crippen LogP contribution in [-0.4, -0.2) is 13.1 Å². The predicted molar refractivity (Wildman–Crippen MR) is 26.3 cm³/mol. The first-order valence-corrected chi connectivity index (χ1v) is 2.01. The summed E-state index contributed by atoms with van der Waals surface area (Å²) in [6.07, 6.45) is 1.87. The summed E-state index contributed by atoms with van der Waals surface area (Å²) in [5.74, 6) is -0.310. The largest absolute Gasteiger partial charge is 0.469 e. The quantitative estimate of drug-likeness (QED) is 0.475. The summed E-state index contributed by atoms with van der Waals surface area (Å²) in [7, 11) is 1.34. The van der Waals surface area contributed by atoms with Crippen LogP contribution in [0.15, 0.2) is 0 Å². The maximum absolute atomic E-state index is 10.1. The number of carbonyl (C=O) groups excluding carboxylic acids is 1. The van der Waals surface area contributed by atoms with Crippen molar-refractivity contribution in [3.63, 3.8) is 0 Å². The van der Waals surface area contributed by atoms with Crippen LogP contribution in [0.1, 0.15) is 6.42 Å². The van der Waals surface area contributed by atoms with Crippen LogP contribution in [0.4, 0.5) is 0 Å². The number of hydrogen-bond donors (Lipinski definition) is 0. The predicted octanol–water partition coefficient (Wildman–Crippen LogP) is 0.588. The lowest BCUT2D eigenvalue weighted by Gasteiger charge is -1.90. The molecule has 2 heteroatoms. The van der Waals surface area contributed by atoms with Crippen LogP contribution in [0.25, 0.3) is 0 Å². The van der Waals surface area contributed by atoms with E-state index in [1.165, 1.54) is 13.5 Å². The number of ether oxygens (including phenoxy) is 1. The number of hydrogen-bond acceptors (Lipinski definition) is 2. The summed E-state index contributed by atoms with van der Waals surface area (Å²) >= 11 is 0. The van der Waals surface area contributed by atoms with Gasteiger partial charge in [0, 0.05) is 0 Å². The molecule has 0 aromatic carbocycles. The zero-order valence-corrected chi connectivity index (χ0v) is 4.31. The van der Waals surface area contributed by atoms with Gasteiger partial charge < -0.3 is 4.74 Å². The van der Waals surface area contributed by atoms with Gasteiger partial charge in [-0.25, -0.2) is 0 Å². The van der Waals surface area contributed by atoms with Crippen LogP contribution in [0.2, 0.25) is 0 Å². The maximum atomic E-state index is 10.1. The van der Waals surface area contributed by atoms with Gasteiger partial charge in [-0.05, 0) is 6.42 Å². The molecule has 2 radical (unpaired) electrons. The van der Waals surface area contributed by atoms with Crippen molar-refractivity contribution in [1.82, 2.24) is 0 Å². The van der Waals surface area contributed by atoms with Crippen LogP contribution in [0.3, 0.4) is 0 Å². The van der Waals surface area contributed by atoms with Crippen molar-refractivity contribution in [3.8, 4) is 0 Å². The van der Waals surface area contributed by atoms with Gasteiger partial charge >= 0.3 is 5.97 Å². The van der Waals surface area contributed by atoms with Gasteiger partial charge in [0.15, 0.2) is 0 Å². The second kappa shape index (κ2) is 3.65. The molecular formula is C5H8O2. The van der Waals surface area contributed by atoms with Crippen molar-refractivity contribution in [2.45, 2.75) is 6.42 Å². The Morgan fingerprint density at radius 2 is 2.57 bits per heavy atom. The Bertz CT molecular complexity index is 59.1. The summed E-state index contributed by atoms with van der Waals surface area (Å²) in [4.78, 5) is 10.1. The number of carbonyl (C=O) groups is 1. The highest BCUT2D eigenvalue weighted by Crippen LogP contribution is 1.84. The molecule has 0 aliphatic rings. The molecule has 2 nitrogen and oxygen atoms in total. The highest BCUT2D eigenvalue weighted by Gasteiger charge is 1.93. The Hall–Kier alpha value is -0.530. The van der Waals surface area contributed by atoms with Gasteiger partial charge in [-0.1, -0.05) is 6.92 Å². The summed E-state index contributed by atoms with van der Waals surface area (Å²) in [6, 6.07) is 0. The van der Waals surface area contributed by atoms with Crippen LogP contribution in [0, 0.1) is 13.3 Å². The van der Waals surface area contributed by atoms with Gasteiger partial charge in [-0.3, -0.25) is 4.79 Å². The molecule has 0 aromatic heterocycles. The Balaban J connectivity index is 3.00. The SMILES string of the molecule is [CH2]C[CH]C(=O)OC. The molecule has 7 heavy (non-hydrogen) atoms. The molecule has 0 aliphatic heterocycles. The Morgan fingerprint density at radius 3 is 2.71 bits per heavy atom. The van der Waals surface area contributed by atoms with E-state index in [2.05, 4.69) is 11.7 Å². The molecule has 40 valence electrons. The Kier molecular flexibility index (Phi) is 3.38. The minimum atomic E-state index is -0.310. The highest BCUT2D eigenvalue weighted by atomic mass is 16.5. The van der Waals surface area contributed by atoms with Crippen molar-refractivity contribution >= 4 is 5.97 Å². The average molecular weight is 100 g/mol. The van der Waals surface area contributed by atoms with Gasteiger partial charge in [0.05, 0.1) is 13.5 Å². The first kappa shape index (κ1) is 6.47. The van der Waals surface area contributed by atoms with Crippen molar-refractivity contribution in [1.29, 1.82) is 0 Å². The fraction of sp³-hybridized carbons (Fsp3) is 0.400. The minimum absolute atomic E-state index is 0.310. The van der Waals surface area contributed by atoms with Crippen molar-refractivity contribution in [3.05, 3.63) is 13.3 Å². The lowest BCUT2D eigenvalue weighted by atomic mass is 10.3. The third kappa shape index (κ3) is 3.30. The van der Waals surface area contributed by atoms with Crippen molar-refractivity contribution in [2.24, 2.45) is 0 Å². The van der Waals surface area contributed by atoms with Crippen molar-refractivity contribution < 1.29 is 9.53 Å². The van der Waals surface area contributed by atoms with Gasteiger partial charge in [0.1, 0.15) is 0 Å². The van der Waals surface area contributed by atoms with E-state index in [9.17, 15) is 4.79 Å². The Labute approximate surface area is 43.5 Å². The lowest BCUT2D eigenvalue weighted by molar-refractivity contribution is -0.136. The van der Waals surface area contributed by atoms with Crippen LogP contribution >= 0.6 is 0 Å². The number of esters is 1. The maximum Gasteiger partial charge on any atom is 0.309 e. The fourth-order valence-corrected chi connectivity index (χ4v) is 0.201. The molecule has 0 heterocycles. The average Bonchev–Trinajstić information content (AvgIpc) is 1.68. The van der Waals surface area contributed by atoms with Crippen LogP contribution < -0.4 is 0 Å². The molecule has 0 amide bonds. The third-order valence-corrected chi connectivity index (χ3v) is 0.512. The zero-order chi connectivity index (χ0) is 5.70. The molecule has 0 bridgehead atoms. The lowest BCUT2D eigenvalue weighted by Crippen LogP contribution is -1.98. The molecular weight excluding hydrogens is 92.1 g/mol. The van der Waals surface area contributed by atoms with E-state index in [1.54, 1.807) is 0 Å². The van der Waals surface area contributed by atoms with Crippen LogP contribution in [0.5, 0.6) is 0 Å². The molecule has 0 saturated carbocycles. The summed E-state index contributed by atoms with van der Waals surface area (Å²) in [5, 5.41) is 0. The molecule has 0 fully saturated rings. The fourth-order valence-electron chi connectivity index (χ4n) is 0.201.